The minimum Gasteiger partial charge on any atom is -0.355 e. The van der Waals surface area contributed by atoms with Crippen molar-refractivity contribution in [1.82, 2.24) is 25.1 Å². The molecule has 3 aliphatic rings. The van der Waals surface area contributed by atoms with Gasteiger partial charge in [-0.15, -0.1) is 0 Å². The van der Waals surface area contributed by atoms with Gasteiger partial charge >= 0.3 is 0 Å². The zero-order valence-corrected chi connectivity index (χ0v) is 19.6. The van der Waals surface area contributed by atoms with Crippen LogP contribution in [0.1, 0.15) is 30.4 Å². The number of carbonyl (C=O) groups is 1. The summed E-state index contributed by atoms with van der Waals surface area (Å²) in [5.41, 5.74) is 2.45. The lowest BCUT2D eigenvalue weighted by Crippen LogP contribution is -2.49. The molecule has 3 aliphatic heterocycles. The van der Waals surface area contributed by atoms with Gasteiger partial charge in [0.25, 0.3) is 0 Å². The lowest BCUT2D eigenvalue weighted by Gasteiger charge is -2.34. The van der Waals surface area contributed by atoms with Crippen LogP contribution in [0.5, 0.6) is 0 Å². The van der Waals surface area contributed by atoms with E-state index in [0.29, 0.717) is 13.1 Å². The monoisotopic (exact) mass is 449 g/mol. The van der Waals surface area contributed by atoms with Gasteiger partial charge in [-0.05, 0) is 31.4 Å². The molecule has 1 atom stereocenters. The number of amides is 1. The number of aromatic nitrogens is 2. The van der Waals surface area contributed by atoms with E-state index >= 15 is 0 Å². The molecule has 4 heterocycles. The number of benzene rings is 1. The van der Waals surface area contributed by atoms with Crippen LogP contribution in [0.15, 0.2) is 36.7 Å². The molecule has 0 saturated carbocycles. The van der Waals surface area contributed by atoms with Crippen LogP contribution in [-0.4, -0.2) is 84.6 Å². The molecule has 0 radical (unpaired) electrons. The third kappa shape index (κ3) is 4.96. The van der Waals surface area contributed by atoms with Crippen molar-refractivity contribution in [3.8, 4) is 0 Å². The molecule has 2 aromatic rings. The van der Waals surface area contributed by atoms with Crippen LogP contribution < -0.4 is 15.1 Å². The van der Waals surface area contributed by atoms with Crippen LogP contribution in [0.2, 0.25) is 0 Å². The third-order valence-electron chi connectivity index (χ3n) is 7.13. The number of likely N-dealkylation sites (N-methyl/N-ethyl adjacent to an activating group) is 1. The molecule has 0 aliphatic carbocycles. The summed E-state index contributed by atoms with van der Waals surface area (Å²) >= 11 is 0. The lowest BCUT2D eigenvalue weighted by atomic mass is 10.0. The van der Waals surface area contributed by atoms with E-state index in [1.807, 2.05) is 11.9 Å². The SMILES string of the molecule is CN1CC(=O)N(C2CCCNC2)Cc2c1ncnc2N1CCCN(Cc2ccccc2)CC1. The Morgan fingerprint density at radius 1 is 1.00 bits per heavy atom. The van der Waals surface area contributed by atoms with Crippen LogP contribution in [0.3, 0.4) is 0 Å². The number of rotatable bonds is 4. The van der Waals surface area contributed by atoms with Crippen molar-refractivity contribution < 1.29 is 4.79 Å². The minimum absolute atomic E-state index is 0.181. The summed E-state index contributed by atoms with van der Waals surface area (Å²) in [6.45, 7) is 7.82. The Hall–Kier alpha value is -2.71. The van der Waals surface area contributed by atoms with Crippen molar-refractivity contribution in [1.29, 1.82) is 0 Å². The summed E-state index contributed by atoms with van der Waals surface area (Å²) in [5.74, 6) is 2.07. The lowest BCUT2D eigenvalue weighted by molar-refractivity contribution is -0.132. The topological polar surface area (TPSA) is 67.8 Å². The number of piperidine rings is 1. The molecule has 1 aromatic heterocycles. The van der Waals surface area contributed by atoms with E-state index in [-0.39, 0.29) is 11.9 Å². The second kappa shape index (κ2) is 10.1. The summed E-state index contributed by atoms with van der Waals surface area (Å²) in [6.07, 6.45) is 4.92. The minimum atomic E-state index is 0.181. The summed E-state index contributed by atoms with van der Waals surface area (Å²) in [6, 6.07) is 10.9. The van der Waals surface area contributed by atoms with Gasteiger partial charge in [0.05, 0.1) is 18.7 Å². The predicted octanol–water partition coefficient (Wildman–Crippen LogP) is 1.72. The molecule has 8 nitrogen and oxygen atoms in total. The first-order chi connectivity index (χ1) is 16.2. The highest BCUT2D eigenvalue weighted by atomic mass is 16.2. The molecule has 33 heavy (non-hydrogen) atoms. The fraction of sp³-hybridized carbons (Fsp3) is 0.560. The van der Waals surface area contributed by atoms with Crippen LogP contribution in [-0.2, 0) is 17.9 Å². The average Bonchev–Trinajstić information content (AvgIpc) is 3.15. The van der Waals surface area contributed by atoms with Gasteiger partial charge in [0, 0.05) is 52.4 Å². The van der Waals surface area contributed by atoms with E-state index in [9.17, 15) is 4.79 Å². The van der Waals surface area contributed by atoms with Crippen molar-refractivity contribution in [3.05, 3.63) is 47.8 Å². The fourth-order valence-electron chi connectivity index (χ4n) is 5.38. The maximum Gasteiger partial charge on any atom is 0.242 e. The Kier molecular flexibility index (Phi) is 6.73. The summed E-state index contributed by atoms with van der Waals surface area (Å²) in [7, 11) is 1.97. The Labute approximate surface area is 196 Å². The molecule has 2 fully saturated rings. The zero-order chi connectivity index (χ0) is 22.6. The van der Waals surface area contributed by atoms with E-state index in [4.69, 9.17) is 4.98 Å². The number of fused-ring (bicyclic) bond motifs is 1. The highest BCUT2D eigenvalue weighted by Gasteiger charge is 2.33. The van der Waals surface area contributed by atoms with Crippen LogP contribution in [0, 0.1) is 0 Å². The first-order valence-corrected chi connectivity index (χ1v) is 12.3. The Balaban J connectivity index is 1.36. The zero-order valence-electron chi connectivity index (χ0n) is 19.6. The number of carbonyl (C=O) groups excluding carboxylic acids is 1. The van der Waals surface area contributed by atoms with E-state index in [2.05, 4.69) is 55.3 Å². The summed E-state index contributed by atoms with van der Waals surface area (Å²) in [5, 5.41) is 3.46. The summed E-state index contributed by atoms with van der Waals surface area (Å²) in [4.78, 5) is 31.5. The standard InChI is InChI=1S/C25H35N7O/c1-29-18-23(33)32(21-9-5-10-26-15-21)17-22-24(29)27-19-28-25(22)31-12-6-11-30(13-14-31)16-20-7-3-2-4-8-20/h2-4,7-8,19,21,26H,5-6,9-18H2,1H3. The molecule has 1 amide bonds. The highest BCUT2D eigenvalue weighted by Crippen LogP contribution is 2.31. The predicted molar refractivity (Wildman–Crippen MR) is 130 cm³/mol. The Morgan fingerprint density at radius 3 is 2.67 bits per heavy atom. The number of anilines is 2. The van der Waals surface area contributed by atoms with E-state index in [1.54, 1.807) is 6.33 Å². The summed E-state index contributed by atoms with van der Waals surface area (Å²) < 4.78 is 0. The molecule has 176 valence electrons. The third-order valence-corrected chi connectivity index (χ3v) is 7.13. The molecule has 0 spiro atoms. The van der Waals surface area contributed by atoms with Gasteiger partial charge in [-0.3, -0.25) is 9.69 Å². The highest BCUT2D eigenvalue weighted by molar-refractivity contribution is 5.84. The molecule has 1 unspecified atom stereocenters. The molecule has 5 rings (SSSR count). The first kappa shape index (κ1) is 22.1. The van der Waals surface area contributed by atoms with Gasteiger partial charge in [-0.25, -0.2) is 9.97 Å². The van der Waals surface area contributed by atoms with E-state index in [1.165, 1.54) is 5.56 Å². The Bertz CT molecular complexity index is 947. The van der Waals surface area contributed by atoms with Gasteiger partial charge in [0.2, 0.25) is 5.91 Å². The molecule has 0 bridgehead atoms. The second-order valence-electron chi connectivity index (χ2n) is 9.48. The molecule has 1 N–H and O–H groups in total. The van der Waals surface area contributed by atoms with Crippen LogP contribution >= 0.6 is 0 Å². The van der Waals surface area contributed by atoms with Gasteiger partial charge in [-0.2, -0.15) is 0 Å². The quantitative estimate of drug-likeness (QED) is 0.762. The molecule has 8 heteroatoms. The second-order valence-corrected chi connectivity index (χ2v) is 9.48. The molecular formula is C25H35N7O. The first-order valence-electron chi connectivity index (χ1n) is 12.3. The maximum atomic E-state index is 13.1. The van der Waals surface area contributed by atoms with Crippen molar-refractivity contribution >= 4 is 17.5 Å². The van der Waals surface area contributed by atoms with Gasteiger partial charge in [0.15, 0.2) is 0 Å². The number of hydrogen-bond donors (Lipinski definition) is 1. The molecule has 1 aromatic carbocycles. The van der Waals surface area contributed by atoms with Crippen LogP contribution in [0.4, 0.5) is 11.6 Å². The van der Waals surface area contributed by atoms with Crippen molar-refractivity contribution in [2.24, 2.45) is 0 Å². The smallest absolute Gasteiger partial charge is 0.242 e. The number of nitrogens with one attached hydrogen (secondary N) is 1. The van der Waals surface area contributed by atoms with E-state index < -0.39 is 0 Å². The fourth-order valence-corrected chi connectivity index (χ4v) is 5.38. The average molecular weight is 450 g/mol. The van der Waals surface area contributed by atoms with Crippen molar-refractivity contribution in [2.75, 3.05) is 62.7 Å². The largest absolute Gasteiger partial charge is 0.355 e. The Morgan fingerprint density at radius 2 is 1.85 bits per heavy atom. The van der Waals surface area contributed by atoms with Gasteiger partial charge in [-0.1, -0.05) is 30.3 Å². The normalized spacial score (nSPS) is 22.6. The van der Waals surface area contributed by atoms with E-state index in [0.717, 1.165) is 82.3 Å². The molecule has 2 saturated heterocycles. The molecular weight excluding hydrogens is 414 g/mol. The van der Waals surface area contributed by atoms with Crippen molar-refractivity contribution in [3.63, 3.8) is 0 Å². The van der Waals surface area contributed by atoms with Crippen molar-refractivity contribution in [2.45, 2.75) is 38.4 Å². The van der Waals surface area contributed by atoms with Gasteiger partial charge in [0.1, 0.15) is 18.0 Å². The van der Waals surface area contributed by atoms with Crippen LogP contribution in [0.25, 0.3) is 0 Å². The van der Waals surface area contributed by atoms with Gasteiger partial charge < -0.3 is 20.0 Å². The number of hydrogen-bond acceptors (Lipinski definition) is 7. The maximum absolute atomic E-state index is 13.1. The number of nitrogens with zero attached hydrogens (tertiary/aromatic N) is 6.